The molecule has 0 saturated heterocycles. The van der Waals surface area contributed by atoms with E-state index in [9.17, 15) is 13.6 Å². The molecule has 1 aromatic carbocycles. The van der Waals surface area contributed by atoms with Crippen LogP contribution in [0.4, 0.5) is 8.78 Å². The van der Waals surface area contributed by atoms with E-state index in [0.29, 0.717) is 23.6 Å². The summed E-state index contributed by atoms with van der Waals surface area (Å²) < 4.78 is 27.7. The minimum absolute atomic E-state index is 0. The summed E-state index contributed by atoms with van der Waals surface area (Å²) in [6.07, 6.45) is 4.20. The summed E-state index contributed by atoms with van der Waals surface area (Å²) in [5.74, 6) is -2.63. The summed E-state index contributed by atoms with van der Waals surface area (Å²) in [4.78, 5) is 18.2. The molecule has 0 saturated carbocycles. The van der Waals surface area contributed by atoms with E-state index in [1.165, 1.54) is 0 Å². The van der Waals surface area contributed by atoms with Crippen molar-refractivity contribution >= 4 is 39.1 Å². The van der Waals surface area contributed by atoms with Gasteiger partial charge in [0.05, 0.1) is 5.37 Å². The third-order valence-electron chi connectivity index (χ3n) is 4.57. The highest BCUT2D eigenvalue weighted by Crippen LogP contribution is 2.67. The molecular weight excluding hydrogens is 404 g/mol. The Morgan fingerprint density at radius 3 is 2.81 bits per heavy atom. The molecule has 0 radical (unpaired) electrons. The van der Waals surface area contributed by atoms with Crippen molar-refractivity contribution in [2.75, 3.05) is 0 Å². The van der Waals surface area contributed by atoms with Crippen molar-refractivity contribution in [2.24, 2.45) is 5.73 Å². The molecule has 1 aliphatic carbocycles. The van der Waals surface area contributed by atoms with Gasteiger partial charge in [-0.2, -0.15) is 0 Å². The fraction of sp³-hybridized carbons (Fsp3) is 0.375. The molecule has 2 aromatic rings. The van der Waals surface area contributed by atoms with Crippen molar-refractivity contribution in [2.45, 2.75) is 41.5 Å². The maximum absolute atomic E-state index is 14.1. The Balaban J connectivity index is 0.00000243. The van der Waals surface area contributed by atoms with Crippen LogP contribution in [0.25, 0.3) is 0 Å². The van der Waals surface area contributed by atoms with Crippen LogP contribution in [0, 0.1) is 11.6 Å². The SMILES string of the molecule is Cl.NC(CCC(=O)O)S(S)(c1ncc[nH]1)C1Cc2ccc(F)c(F)c2C1. The molecule has 0 bridgehead atoms. The number of carboxylic acid groups (broad SMARTS) is 1. The van der Waals surface area contributed by atoms with Crippen LogP contribution in [-0.4, -0.2) is 31.7 Å². The van der Waals surface area contributed by atoms with Crippen LogP contribution in [0.5, 0.6) is 0 Å². The van der Waals surface area contributed by atoms with Crippen molar-refractivity contribution in [3.63, 3.8) is 0 Å². The number of rotatable bonds is 6. The number of nitrogens with zero attached hydrogens (tertiary/aromatic N) is 1. The largest absolute Gasteiger partial charge is 0.481 e. The lowest BCUT2D eigenvalue weighted by molar-refractivity contribution is -0.137. The molecule has 1 heterocycles. The number of benzene rings is 1. The van der Waals surface area contributed by atoms with Crippen LogP contribution in [-0.2, 0) is 17.6 Å². The zero-order valence-corrected chi connectivity index (χ0v) is 16.2. The van der Waals surface area contributed by atoms with Gasteiger partial charge in [0, 0.05) is 24.1 Å². The van der Waals surface area contributed by atoms with Gasteiger partial charge >= 0.3 is 5.97 Å². The van der Waals surface area contributed by atoms with Gasteiger partial charge in [-0.1, -0.05) is 6.07 Å². The minimum Gasteiger partial charge on any atom is -0.481 e. The van der Waals surface area contributed by atoms with Crippen LogP contribution in [0.15, 0.2) is 29.7 Å². The Hall–Kier alpha value is -1.29. The van der Waals surface area contributed by atoms with Crippen molar-refractivity contribution in [1.82, 2.24) is 9.97 Å². The van der Waals surface area contributed by atoms with Crippen LogP contribution in [0.3, 0.4) is 0 Å². The number of carbonyl (C=O) groups is 1. The van der Waals surface area contributed by atoms with Crippen molar-refractivity contribution in [3.05, 3.63) is 47.3 Å². The molecule has 26 heavy (non-hydrogen) atoms. The first-order valence-electron chi connectivity index (χ1n) is 7.80. The number of imidazole rings is 1. The van der Waals surface area contributed by atoms with Crippen molar-refractivity contribution in [1.29, 1.82) is 0 Å². The first-order valence-corrected chi connectivity index (χ1v) is 10.6. The Labute approximate surface area is 162 Å². The van der Waals surface area contributed by atoms with Gasteiger partial charge in [-0.3, -0.25) is 4.79 Å². The number of H-pyrrole nitrogens is 1. The molecule has 1 aliphatic rings. The van der Waals surface area contributed by atoms with Gasteiger partial charge in [-0.05, 0) is 36.5 Å². The van der Waals surface area contributed by atoms with Gasteiger partial charge in [0.15, 0.2) is 16.8 Å². The highest BCUT2D eigenvalue weighted by atomic mass is 35.5. The topological polar surface area (TPSA) is 92.0 Å². The van der Waals surface area contributed by atoms with E-state index in [1.54, 1.807) is 18.5 Å². The molecule has 144 valence electrons. The second-order valence-electron chi connectivity index (χ2n) is 6.07. The predicted molar refractivity (Wildman–Crippen MR) is 103 cm³/mol. The third kappa shape index (κ3) is 3.71. The maximum Gasteiger partial charge on any atom is 0.303 e. The third-order valence-corrected chi connectivity index (χ3v) is 10.1. The lowest BCUT2D eigenvalue weighted by Crippen LogP contribution is -2.33. The van der Waals surface area contributed by atoms with Gasteiger partial charge < -0.3 is 15.8 Å². The van der Waals surface area contributed by atoms with Crippen LogP contribution >= 0.6 is 33.1 Å². The highest BCUT2D eigenvalue weighted by molar-refractivity contribution is 8.88. The lowest BCUT2D eigenvalue weighted by Gasteiger charge is -2.43. The van der Waals surface area contributed by atoms with Crippen molar-refractivity contribution < 1.29 is 18.7 Å². The number of hydrogen-bond donors (Lipinski definition) is 4. The number of hydrogen-bond acceptors (Lipinski definition) is 4. The number of aliphatic carboxylic acids is 1. The summed E-state index contributed by atoms with van der Waals surface area (Å²) in [6.45, 7) is 0. The number of aromatic nitrogens is 2. The van der Waals surface area contributed by atoms with E-state index < -0.39 is 32.0 Å². The van der Waals surface area contributed by atoms with Gasteiger partial charge in [0.2, 0.25) is 0 Å². The molecule has 4 N–H and O–H groups in total. The summed E-state index contributed by atoms with van der Waals surface area (Å²) in [5.41, 5.74) is 7.44. The molecule has 3 unspecified atom stereocenters. The number of thiol groups is 1. The average molecular weight is 424 g/mol. The molecule has 3 atom stereocenters. The Bertz CT molecular complexity index is 794. The van der Waals surface area contributed by atoms with Crippen molar-refractivity contribution in [3.8, 4) is 0 Å². The summed E-state index contributed by atoms with van der Waals surface area (Å²) in [7, 11) is -2.07. The van der Waals surface area contributed by atoms with Gasteiger partial charge in [0.1, 0.15) is 0 Å². The molecular formula is C16H20ClF2N3O2S2. The Morgan fingerprint density at radius 1 is 1.46 bits per heavy atom. The summed E-state index contributed by atoms with van der Waals surface area (Å²) in [5, 5.41) is 8.84. The monoisotopic (exact) mass is 423 g/mol. The van der Waals surface area contributed by atoms with Crippen LogP contribution in [0.1, 0.15) is 24.0 Å². The fourth-order valence-corrected chi connectivity index (χ4v) is 7.25. The average Bonchev–Trinajstić information content (AvgIpc) is 3.25. The number of halogens is 3. The quantitative estimate of drug-likeness (QED) is 0.423. The molecule has 3 rings (SSSR count). The van der Waals surface area contributed by atoms with E-state index in [-0.39, 0.29) is 30.5 Å². The molecule has 0 amide bonds. The summed E-state index contributed by atoms with van der Waals surface area (Å²) in [6, 6.07) is 2.72. The molecule has 1 aromatic heterocycles. The molecule has 5 nitrogen and oxygen atoms in total. The van der Waals surface area contributed by atoms with Gasteiger partial charge in [-0.15, -0.1) is 33.1 Å². The lowest BCUT2D eigenvalue weighted by atomic mass is 10.1. The normalized spacial score (nSPS) is 20.5. The first kappa shape index (κ1) is 21.0. The minimum atomic E-state index is -2.07. The zero-order chi connectivity index (χ0) is 18.2. The van der Waals surface area contributed by atoms with E-state index in [2.05, 4.69) is 9.97 Å². The standard InChI is InChI=1S/C16H19F2N3O2S2.ClH/c17-12-2-1-9-7-10(8-11(9)15(12)18)25(24,16-20-5-6-21-16)13(19)3-4-14(22)23;/h1-2,5-6,10,13,24H,3-4,7-8,19H2,(H,20,21)(H,22,23);1H. The number of fused-ring (bicyclic) bond motifs is 1. The summed E-state index contributed by atoms with van der Waals surface area (Å²) >= 11 is 4.89. The molecule has 0 aliphatic heterocycles. The molecule has 10 heteroatoms. The number of nitrogens with one attached hydrogen (secondary N) is 1. The van der Waals surface area contributed by atoms with Crippen LogP contribution in [0.2, 0.25) is 0 Å². The van der Waals surface area contributed by atoms with Crippen LogP contribution < -0.4 is 5.73 Å². The fourth-order valence-electron chi connectivity index (χ4n) is 3.27. The highest BCUT2D eigenvalue weighted by Gasteiger charge is 2.43. The van der Waals surface area contributed by atoms with Gasteiger partial charge in [0.25, 0.3) is 0 Å². The molecule has 0 spiro atoms. The maximum atomic E-state index is 14.1. The van der Waals surface area contributed by atoms with E-state index >= 15 is 0 Å². The zero-order valence-electron chi connectivity index (χ0n) is 13.7. The van der Waals surface area contributed by atoms with E-state index in [1.807, 2.05) is 0 Å². The number of carboxylic acids is 1. The Kier molecular flexibility index (Phi) is 6.60. The smallest absolute Gasteiger partial charge is 0.303 e. The second kappa shape index (κ2) is 8.16. The first-order chi connectivity index (χ1) is 11.8. The number of aromatic amines is 1. The molecule has 0 fully saturated rings. The van der Waals surface area contributed by atoms with E-state index in [4.69, 9.17) is 22.5 Å². The Morgan fingerprint density at radius 2 is 2.19 bits per heavy atom. The van der Waals surface area contributed by atoms with E-state index in [0.717, 1.165) is 11.6 Å². The number of nitrogens with two attached hydrogens (primary N) is 1. The second-order valence-corrected chi connectivity index (χ2v) is 10.9. The predicted octanol–water partition coefficient (Wildman–Crippen LogP) is 3.44. The van der Waals surface area contributed by atoms with Gasteiger partial charge in [-0.25, -0.2) is 13.8 Å².